The van der Waals surface area contributed by atoms with E-state index in [0.717, 1.165) is 39.0 Å². The van der Waals surface area contributed by atoms with Gasteiger partial charge in [-0.1, -0.05) is 29.8 Å². The lowest BCUT2D eigenvalue weighted by Gasteiger charge is -2.32. The van der Waals surface area contributed by atoms with Crippen LogP contribution in [0.1, 0.15) is 29.5 Å². The van der Waals surface area contributed by atoms with Crippen molar-refractivity contribution in [2.75, 3.05) is 26.7 Å². The van der Waals surface area contributed by atoms with Gasteiger partial charge >= 0.3 is 0 Å². The van der Waals surface area contributed by atoms with E-state index < -0.39 is 0 Å². The first-order valence-electron chi connectivity index (χ1n) is 9.73. The monoisotopic (exact) mass is 366 g/mol. The van der Waals surface area contributed by atoms with E-state index in [4.69, 9.17) is 0 Å². The second kappa shape index (κ2) is 9.62. The van der Waals surface area contributed by atoms with Gasteiger partial charge in [-0.3, -0.25) is 19.6 Å². The van der Waals surface area contributed by atoms with Gasteiger partial charge < -0.3 is 5.32 Å². The molecule has 27 heavy (non-hydrogen) atoms. The predicted molar refractivity (Wildman–Crippen MR) is 108 cm³/mol. The van der Waals surface area contributed by atoms with Crippen molar-refractivity contribution in [2.24, 2.45) is 0 Å². The number of aryl methyl sites for hydroxylation is 1. The van der Waals surface area contributed by atoms with Gasteiger partial charge in [0.2, 0.25) is 5.91 Å². The van der Waals surface area contributed by atoms with E-state index in [1.54, 1.807) is 0 Å². The highest BCUT2D eigenvalue weighted by Gasteiger charge is 2.21. The highest BCUT2D eigenvalue weighted by atomic mass is 16.2. The molecule has 0 spiro atoms. The molecule has 5 nitrogen and oxygen atoms in total. The summed E-state index contributed by atoms with van der Waals surface area (Å²) in [6.07, 6.45) is 5.71. The maximum Gasteiger partial charge on any atom is 0.234 e. The molecule has 1 aromatic carbocycles. The summed E-state index contributed by atoms with van der Waals surface area (Å²) in [5, 5.41) is 3.21. The van der Waals surface area contributed by atoms with Gasteiger partial charge in [0.25, 0.3) is 0 Å². The number of nitrogens with zero attached hydrogens (tertiary/aromatic N) is 3. The summed E-state index contributed by atoms with van der Waals surface area (Å²) in [6, 6.07) is 12.9. The number of likely N-dealkylation sites (N-methyl/N-ethyl adjacent to an activating group) is 1. The van der Waals surface area contributed by atoms with Crippen LogP contribution in [0.4, 0.5) is 0 Å². The molecule has 1 aliphatic heterocycles. The molecule has 1 aliphatic rings. The molecule has 1 fully saturated rings. The standard InChI is InChI=1S/C22H30N4O/c1-18-3-5-19(6-4-18)15-25(2)17-22(27)24-21-9-13-26(14-10-21)16-20-7-11-23-12-8-20/h3-8,11-12,21H,9-10,13-17H2,1-2H3,(H,24,27). The molecule has 1 saturated heterocycles. The van der Waals surface area contributed by atoms with Gasteiger partial charge in [0, 0.05) is 44.6 Å². The van der Waals surface area contributed by atoms with E-state index >= 15 is 0 Å². The number of rotatable bonds is 7. The molecule has 0 unspecified atom stereocenters. The van der Waals surface area contributed by atoms with Crippen LogP contribution < -0.4 is 5.32 Å². The molecule has 1 aromatic heterocycles. The summed E-state index contributed by atoms with van der Waals surface area (Å²) in [5.74, 6) is 0.122. The number of nitrogens with one attached hydrogen (secondary N) is 1. The highest BCUT2D eigenvalue weighted by molar-refractivity contribution is 5.78. The van der Waals surface area contributed by atoms with Crippen molar-refractivity contribution in [3.8, 4) is 0 Å². The van der Waals surface area contributed by atoms with Gasteiger partial charge in [0.1, 0.15) is 0 Å². The lowest BCUT2D eigenvalue weighted by molar-refractivity contribution is -0.123. The molecule has 0 saturated carbocycles. The Balaban J connectivity index is 1.37. The van der Waals surface area contributed by atoms with Crippen molar-refractivity contribution >= 4 is 5.91 Å². The van der Waals surface area contributed by atoms with Gasteiger partial charge in [-0.25, -0.2) is 0 Å². The third-order valence-corrected chi connectivity index (χ3v) is 5.09. The topological polar surface area (TPSA) is 48.5 Å². The third kappa shape index (κ3) is 6.45. The molecule has 0 aliphatic carbocycles. The third-order valence-electron chi connectivity index (χ3n) is 5.09. The molecular weight excluding hydrogens is 336 g/mol. The van der Waals surface area contributed by atoms with Crippen LogP contribution in [0.3, 0.4) is 0 Å². The van der Waals surface area contributed by atoms with Crippen LogP contribution >= 0.6 is 0 Å². The van der Waals surface area contributed by atoms with E-state index in [-0.39, 0.29) is 5.91 Å². The molecule has 1 amide bonds. The Morgan fingerprint density at radius 2 is 1.78 bits per heavy atom. The fraction of sp³-hybridized carbons (Fsp3) is 0.455. The van der Waals surface area contributed by atoms with Crippen molar-refractivity contribution < 1.29 is 4.79 Å². The number of hydrogen-bond acceptors (Lipinski definition) is 4. The number of carbonyl (C=O) groups is 1. The fourth-order valence-electron chi connectivity index (χ4n) is 3.56. The highest BCUT2D eigenvalue weighted by Crippen LogP contribution is 2.13. The number of hydrogen-bond donors (Lipinski definition) is 1. The Morgan fingerprint density at radius 3 is 2.44 bits per heavy atom. The number of piperidine rings is 1. The fourth-order valence-corrected chi connectivity index (χ4v) is 3.56. The maximum atomic E-state index is 12.4. The molecule has 2 aromatic rings. The second-order valence-electron chi connectivity index (χ2n) is 7.63. The van der Waals surface area contributed by atoms with E-state index in [2.05, 4.69) is 63.4 Å². The van der Waals surface area contributed by atoms with Crippen LogP contribution in [0.2, 0.25) is 0 Å². The Hall–Kier alpha value is -2.24. The first-order valence-corrected chi connectivity index (χ1v) is 9.73. The molecule has 2 heterocycles. The Morgan fingerprint density at radius 1 is 1.11 bits per heavy atom. The van der Waals surface area contributed by atoms with Crippen molar-refractivity contribution in [1.29, 1.82) is 0 Å². The van der Waals surface area contributed by atoms with E-state index in [9.17, 15) is 4.79 Å². The number of pyridine rings is 1. The molecule has 3 rings (SSSR count). The van der Waals surface area contributed by atoms with Gasteiger partial charge in [0.15, 0.2) is 0 Å². The van der Waals surface area contributed by atoms with E-state index in [1.165, 1.54) is 16.7 Å². The van der Waals surface area contributed by atoms with Crippen LogP contribution in [0.25, 0.3) is 0 Å². The minimum atomic E-state index is 0.122. The van der Waals surface area contributed by atoms with Crippen molar-refractivity contribution in [3.05, 3.63) is 65.5 Å². The average Bonchev–Trinajstić information content (AvgIpc) is 2.66. The normalized spacial score (nSPS) is 15.8. The molecule has 0 radical (unpaired) electrons. The SMILES string of the molecule is Cc1ccc(CN(C)CC(=O)NC2CCN(Cc3ccncc3)CC2)cc1. The molecule has 1 N–H and O–H groups in total. The summed E-state index contributed by atoms with van der Waals surface area (Å²) in [4.78, 5) is 20.9. The van der Waals surface area contributed by atoms with Gasteiger partial charge in [-0.05, 0) is 50.1 Å². The van der Waals surface area contributed by atoms with Crippen LogP contribution in [-0.2, 0) is 17.9 Å². The predicted octanol–water partition coefficient (Wildman–Crippen LogP) is 2.60. The van der Waals surface area contributed by atoms with Crippen molar-refractivity contribution in [1.82, 2.24) is 20.1 Å². The summed E-state index contributed by atoms with van der Waals surface area (Å²) in [7, 11) is 2.00. The Bertz CT molecular complexity index is 709. The molecule has 144 valence electrons. The molecule has 5 heteroatoms. The lowest BCUT2D eigenvalue weighted by atomic mass is 10.0. The Labute approximate surface area is 162 Å². The minimum absolute atomic E-state index is 0.122. The smallest absolute Gasteiger partial charge is 0.234 e. The number of benzene rings is 1. The molecular formula is C22H30N4O. The first-order chi connectivity index (χ1) is 13.1. The number of aromatic nitrogens is 1. The van der Waals surface area contributed by atoms with E-state index in [1.807, 2.05) is 19.4 Å². The lowest BCUT2D eigenvalue weighted by Crippen LogP contribution is -2.46. The van der Waals surface area contributed by atoms with Gasteiger partial charge in [-0.15, -0.1) is 0 Å². The van der Waals surface area contributed by atoms with Crippen LogP contribution in [0, 0.1) is 6.92 Å². The van der Waals surface area contributed by atoms with Gasteiger partial charge in [-0.2, -0.15) is 0 Å². The number of carbonyl (C=O) groups excluding carboxylic acids is 1. The molecule has 0 atom stereocenters. The van der Waals surface area contributed by atoms with Crippen LogP contribution in [-0.4, -0.2) is 53.4 Å². The first kappa shape index (κ1) is 19.5. The number of amides is 1. The quantitative estimate of drug-likeness (QED) is 0.818. The van der Waals surface area contributed by atoms with Crippen LogP contribution in [0.15, 0.2) is 48.8 Å². The average molecular weight is 367 g/mol. The van der Waals surface area contributed by atoms with Crippen molar-refractivity contribution in [2.45, 2.75) is 38.9 Å². The van der Waals surface area contributed by atoms with E-state index in [0.29, 0.717) is 12.6 Å². The summed E-state index contributed by atoms with van der Waals surface area (Å²) in [6.45, 7) is 6.31. The maximum absolute atomic E-state index is 12.4. The summed E-state index contributed by atoms with van der Waals surface area (Å²) >= 11 is 0. The van der Waals surface area contributed by atoms with Gasteiger partial charge in [0.05, 0.1) is 6.54 Å². The second-order valence-corrected chi connectivity index (χ2v) is 7.63. The van der Waals surface area contributed by atoms with Crippen molar-refractivity contribution in [3.63, 3.8) is 0 Å². The zero-order valence-electron chi connectivity index (χ0n) is 16.4. The zero-order chi connectivity index (χ0) is 19.1. The zero-order valence-corrected chi connectivity index (χ0v) is 16.4. The molecule has 0 bridgehead atoms. The number of likely N-dealkylation sites (tertiary alicyclic amines) is 1. The van der Waals surface area contributed by atoms with Crippen LogP contribution in [0.5, 0.6) is 0 Å². The summed E-state index contributed by atoms with van der Waals surface area (Å²) in [5.41, 5.74) is 3.79. The largest absolute Gasteiger partial charge is 0.352 e. The Kier molecular flexibility index (Phi) is 6.96. The summed E-state index contributed by atoms with van der Waals surface area (Å²) < 4.78 is 0. The minimum Gasteiger partial charge on any atom is -0.352 e.